The number of amides is 1. The fourth-order valence-corrected chi connectivity index (χ4v) is 2.77. The molecule has 1 aliphatic rings. The van der Waals surface area contributed by atoms with Crippen LogP contribution in [0, 0.1) is 11.6 Å². The van der Waals surface area contributed by atoms with Crippen molar-refractivity contribution in [2.75, 3.05) is 5.32 Å². The summed E-state index contributed by atoms with van der Waals surface area (Å²) in [7, 11) is 0. The summed E-state index contributed by atoms with van der Waals surface area (Å²) in [6.45, 7) is 0. The molecule has 3 rings (SSSR count). The number of fused-ring (bicyclic) bond motifs is 1. The van der Waals surface area contributed by atoms with Crippen molar-refractivity contribution in [1.29, 1.82) is 0 Å². The van der Waals surface area contributed by atoms with E-state index in [0.717, 1.165) is 23.3 Å². The van der Waals surface area contributed by atoms with Gasteiger partial charge in [-0.3, -0.25) is 4.79 Å². The Labute approximate surface area is 122 Å². The van der Waals surface area contributed by atoms with Gasteiger partial charge >= 0.3 is 0 Å². The number of hydrogen-bond acceptors (Lipinski definition) is 1. The standard InChI is InChI=1S/C15H10BrF2NO/c16-9-6-12(17)14(13(18)7-9)19-15(20)11-5-8-3-1-2-4-10(8)11/h1-4,6-7,11H,5H2,(H,19,20). The molecule has 1 unspecified atom stereocenters. The zero-order chi connectivity index (χ0) is 14.3. The Kier molecular flexibility index (Phi) is 3.30. The Morgan fingerprint density at radius 2 is 1.85 bits per heavy atom. The van der Waals surface area contributed by atoms with E-state index in [1.165, 1.54) is 0 Å². The molecule has 0 fully saturated rings. The zero-order valence-corrected chi connectivity index (χ0v) is 11.9. The molecule has 1 N–H and O–H groups in total. The fraction of sp³-hybridized carbons (Fsp3) is 0.133. The molecule has 0 aliphatic heterocycles. The molecule has 0 aromatic heterocycles. The number of rotatable bonds is 2. The van der Waals surface area contributed by atoms with Crippen LogP contribution in [-0.4, -0.2) is 5.91 Å². The minimum Gasteiger partial charge on any atom is -0.321 e. The first-order chi connectivity index (χ1) is 9.56. The zero-order valence-electron chi connectivity index (χ0n) is 10.3. The predicted octanol–water partition coefficient (Wildman–Crippen LogP) is 4.01. The van der Waals surface area contributed by atoms with Gasteiger partial charge in [0, 0.05) is 4.47 Å². The third-order valence-corrected chi connectivity index (χ3v) is 3.88. The Hall–Kier alpha value is -1.75. The van der Waals surface area contributed by atoms with Gasteiger partial charge in [0.15, 0.2) is 11.6 Å². The van der Waals surface area contributed by atoms with Crippen LogP contribution in [0.5, 0.6) is 0 Å². The van der Waals surface area contributed by atoms with Gasteiger partial charge in [-0.15, -0.1) is 0 Å². The second kappa shape index (κ2) is 4.98. The fourth-order valence-electron chi connectivity index (χ4n) is 2.36. The highest BCUT2D eigenvalue weighted by atomic mass is 79.9. The summed E-state index contributed by atoms with van der Waals surface area (Å²) in [6.07, 6.45) is 0.599. The van der Waals surface area contributed by atoms with Crippen LogP contribution >= 0.6 is 15.9 Å². The highest BCUT2D eigenvalue weighted by Gasteiger charge is 2.32. The SMILES string of the molecule is O=C(Nc1c(F)cc(Br)cc1F)C1Cc2ccccc21. The maximum Gasteiger partial charge on any atom is 0.232 e. The molecule has 0 radical (unpaired) electrons. The summed E-state index contributed by atoms with van der Waals surface area (Å²) in [5.41, 5.74) is 1.62. The Balaban J connectivity index is 1.82. The summed E-state index contributed by atoms with van der Waals surface area (Å²) in [6, 6.07) is 9.79. The summed E-state index contributed by atoms with van der Waals surface area (Å²) in [4.78, 5) is 12.1. The number of halogens is 3. The smallest absolute Gasteiger partial charge is 0.232 e. The average molecular weight is 338 g/mol. The topological polar surface area (TPSA) is 29.1 Å². The monoisotopic (exact) mass is 337 g/mol. The van der Waals surface area contributed by atoms with Gasteiger partial charge in [0.1, 0.15) is 5.69 Å². The van der Waals surface area contributed by atoms with Crippen LogP contribution in [0.4, 0.5) is 14.5 Å². The van der Waals surface area contributed by atoms with Gasteiger partial charge in [0.25, 0.3) is 0 Å². The van der Waals surface area contributed by atoms with Gasteiger partial charge in [-0.2, -0.15) is 0 Å². The predicted molar refractivity (Wildman–Crippen MR) is 75.6 cm³/mol. The number of hydrogen-bond donors (Lipinski definition) is 1. The van der Waals surface area contributed by atoms with Crippen LogP contribution in [-0.2, 0) is 11.2 Å². The second-order valence-electron chi connectivity index (χ2n) is 4.69. The van der Waals surface area contributed by atoms with Gasteiger partial charge in [0.05, 0.1) is 5.92 Å². The van der Waals surface area contributed by atoms with Crippen LogP contribution in [0.2, 0.25) is 0 Å². The van der Waals surface area contributed by atoms with E-state index in [2.05, 4.69) is 21.2 Å². The van der Waals surface area contributed by atoms with E-state index in [0.29, 0.717) is 10.9 Å². The van der Waals surface area contributed by atoms with Crippen LogP contribution in [0.3, 0.4) is 0 Å². The molecule has 1 aliphatic carbocycles. The molecule has 2 aromatic carbocycles. The van der Waals surface area contributed by atoms with Crippen molar-refractivity contribution in [2.24, 2.45) is 0 Å². The first-order valence-electron chi connectivity index (χ1n) is 6.09. The van der Waals surface area contributed by atoms with Gasteiger partial charge in [-0.1, -0.05) is 40.2 Å². The first kappa shape index (κ1) is 13.2. The van der Waals surface area contributed by atoms with E-state index in [-0.39, 0.29) is 11.8 Å². The Bertz CT molecular complexity index is 679. The molecule has 1 atom stereocenters. The van der Waals surface area contributed by atoms with Crippen molar-refractivity contribution in [3.63, 3.8) is 0 Å². The molecular formula is C15H10BrF2NO. The van der Waals surface area contributed by atoms with Crippen molar-refractivity contribution in [2.45, 2.75) is 12.3 Å². The van der Waals surface area contributed by atoms with Crippen molar-refractivity contribution >= 4 is 27.5 Å². The Morgan fingerprint density at radius 1 is 1.20 bits per heavy atom. The molecular weight excluding hydrogens is 328 g/mol. The second-order valence-corrected chi connectivity index (χ2v) is 5.60. The van der Waals surface area contributed by atoms with Gasteiger partial charge < -0.3 is 5.32 Å². The maximum absolute atomic E-state index is 13.7. The van der Waals surface area contributed by atoms with E-state index in [1.54, 1.807) is 0 Å². The normalized spacial score (nSPS) is 16.2. The van der Waals surface area contributed by atoms with E-state index in [9.17, 15) is 13.6 Å². The first-order valence-corrected chi connectivity index (χ1v) is 6.89. The third kappa shape index (κ3) is 2.22. The van der Waals surface area contributed by atoms with Crippen LogP contribution in [0.1, 0.15) is 17.0 Å². The molecule has 0 bridgehead atoms. The maximum atomic E-state index is 13.7. The lowest BCUT2D eigenvalue weighted by molar-refractivity contribution is -0.118. The summed E-state index contributed by atoms with van der Waals surface area (Å²) >= 11 is 3.00. The van der Waals surface area contributed by atoms with Crippen molar-refractivity contribution in [1.82, 2.24) is 0 Å². The number of carbonyl (C=O) groups is 1. The number of benzene rings is 2. The molecule has 0 spiro atoms. The third-order valence-electron chi connectivity index (χ3n) is 3.43. The lowest BCUT2D eigenvalue weighted by Crippen LogP contribution is -2.30. The van der Waals surface area contributed by atoms with Crippen LogP contribution in [0.25, 0.3) is 0 Å². The Morgan fingerprint density at radius 3 is 2.50 bits per heavy atom. The number of nitrogens with one attached hydrogen (secondary N) is 1. The summed E-state index contributed by atoms with van der Waals surface area (Å²) in [5.74, 6) is -2.31. The largest absolute Gasteiger partial charge is 0.321 e. The van der Waals surface area contributed by atoms with Gasteiger partial charge in [0.2, 0.25) is 5.91 Å². The molecule has 5 heteroatoms. The molecule has 102 valence electrons. The highest BCUT2D eigenvalue weighted by molar-refractivity contribution is 9.10. The minimum absolute atomic E-state index is 0.291. The lowest BCUT2D eigenvalue weighted by atomic mass is 9.77. The lowest BCUT2D eigenvalue weighted by Gasteiger charge is -2.28. The van der Waals surface area contributed by atoms with E-state index >= 15 is 0 Å². The molecule has 2 aromatic rings. The average Bonchev–Trinajstić information content (AvgIpc) is 2.35. The van der Waals surface area contributed by atoms with Crippen molar-refractivity contribution < 1.29 is 13.6 Å². The summed E-state index contributed by atoms with van der Waals surface area (Å²) in [5, 5.41) is 2.34. The number of carbonyl (C=O) groups excluding carboxylic acids is 1. The highest BCUT2D eigenvalue weighted by Crippen LogP contribution is 2.36. The van der Waals surface area contributed by atoms with E-state index in [1.807, 2.05) is 24.3 Å². The quantitative estimate of drug-likeness (QED) is 0.881. The number of anilines is 1. The van der Waals surface area contributed by atoms with Gasteiger partial charge in [-0.05, 0) is 29.7 Å². The van der Waals surface area contributed by atoms with E-state index in [4.69, 9.17) is 0 Å². The molecule has 0 saturated carbocycles. The molecule has 20 heavy (non-hydrogen) atoms. The van der Waals surface area contributed by atoms with Gasteiger partial charge in [-0.25, -0.2) is 8.78 Å². The van der Waals surface area contributed by atoms with E-state index < -0.39 is 17.3 Å². The molecule has 2 nitrogen and oxygen atoms in total. The molecule has 1 amide bonds. The van der Waals surface area contributed by atoms with Crippen LogP contribution in [0.15, 0.2) is 40.9 Å². The minimum atomic E-state index is -0.794. The van der Waals surface area contributed by atoms with Crippen molar-refractivity contribution in [3.05, 3.63) is 63.6 Å². The summed E-state index contributed by atoms with van der Waals surface area (Å²) < 4.78 is 27.6. The van der Waals surface area contributed by atoms with Crippen LogP contribution < -0.4 is 5.32 Å². The molecule has 0 saturated heterocycles. The molecule has 0 heterocycles. The van der Waals surface area contributed by atoms with Crippen molar-refractivity contribution in [3.8, 4) is 0 Å².